The van der Waals surface area contributed by atoms with Gasteiger partial charge in [0.25, 0.3) is 0 Å². The third-order valence-corrected chi connectivity index (χ3v) is 4.79. The van der Waals surface area contributed by atoms with Gasteiger partial charge in [0.1, 0.15) is 16.5 Å². The van der Waals surface area contributed by atoms with Crippen molar-refractivity contribution in [2.75, 3.05) is 24.7 Å². The summed E-state index contributed by atoms with van der Waals surface area (Å²) in [6.45, 7) is 1.67. The molecule has 4 rings (SSSR count). The average molecular weight is 339 g/mol. The number of hydrogen-bond donors (Lipinski definition) is 2. The third-order valence-electron chi connectivity index (χ3n) is 4.04. The molecule has 0 saturated heterocycles. The van der Waals surface area contributed by atoms with Crippen LogP contribution in [0.5, 0.6) is 0 Å². The van der Waals surface area contributed by atoms with Gasteiger partial charge in [-0.3, -0.25) is 4.98 Å². The SMILES string of the molecule is CN(C)c1c(-c2nc(-c3nccc4c3CNC4)ns2)ccnc1N. The molecule has 0 unspecified atom stereocenters. The summed E-state index contributed by atoms with van der Waals surface area (Å²) in [6.07, 6.45) is 3.51. The number of nitrogens with two attached hydrogens (primary N) is 1. The van der Waals surface area contributed by atoms with Gasteiger partial charge in [0.15, 0.2) is 5.82 Å². The Morgan fingerprint density at radius 1 is 1.17 bits per heavy atom. The van der Waals surface area contributed by atoms with E-state index in [1.165, 1.54) is 22.7 Å². The number of pyridine rings is 2. The van der Waals surface area contributed by atoms with Crippen LogP contribution in [-0.4, -0.2) is 33.4 Å². The molecule has 0 radical (unpaired) electrons. The van der Waals surface area contributed by atoms with Gasteiger partial charge >= 0.3 is 0 Å². The smallest absolute Gasteiger partial charge is 0.192 e. The molecule has 24 heavy (non-hydrogen) atoms. The third kappa shape index (κ3) is 2.40. The summed E-state index contributed by atoms with van der Waals surface area (Å²) in [7, 11) is 3.88. The highest BCUT2D eigenvalue weighted by Gasteiger charge is 2.21. The molecule has 0 fully saturated rings. The lowest BCUT2D eigenvalue weighted by atomic mass is 10.1. The predicted molar refractivity (Wildman–Crippen MR) is 95.7 cm³/mol. The number of anilines is 2. The Morgan fingerprint density at radius 2 is 2.00 bits per heavy atom. The molecule has 1 aliphatic rings. The van der Waals surface area contributed by atoms with E-state index in [4.69, 9.17) is 10.7 Å². The van der Waals surface area contributed by atoms with Gasteiger partial charge in [0.2, 0.25) is 0 Å². The minimum Gasteiger partial charge on any atom is -0.382 e. The highest BCUT2D eigenvalue weighted by atomic mass is 32.1. The maximum absolute atomic E-state index is 6.03. The van der Waals surface area contributed by atoms with E-state index in [9.17, 15) is 0 Å². The summed E-state index contributed by atoms with van der Waals surface area (Å²) in [4.78, 5) is 15.3. The fraction of sp³-hybridized carbons (Fsp3) is 0.250. The van der Waals surface area contributed by atoms with Crippen molar-refractivity contribution in [3.05, 3.63) is 35.7 Å². The van der Waals surface area contributed by atoms with E-state index in [2.05, 4.69) is 19.7 Å². The van der Waals surface area contributed by atoms with E-state index in [1.54, 1.807) is 6.20 Å². The highest BCUT2D eigenvalue weighted by Crippen LogP contribution is 2.36. The fourth-order valence-corrected chi connectivity index (χ4v) is 3.64. The Labute approximate surface area is 143 Å². The number of nitrogens with one attached hydrogen (secondary N) is 1. The Kier molecular flexibility index (Phi) is 3.62. The summed E-state index contributed by atoms with van der Waals surface area (Å²) < 4.78 is 4.53. The van der Waals surface area contributed by atoms with E-state index in [0.717, 1.165) is 35.0 Å². The van der Waals surface area contributed by atoms with Gasteiger partial charge < -0.3 is 16.0 Å². The van der Waals surface area contributed by atoms with Crippen LogP contribution in [0.2, 0.25) is 0 Å². The molecule has 1 aliphatic heterocycles. The molecule has 7 nitrogen and oxygen atoms in total. The summed E-state index contributed by atoms with van der Waals surface area (Å²) >= 11 is 1.35. The summed E-state index contributed by atoms with van der Waals surface area (Å²) in [5.41, 5.74) is 11.1. The molecule has 0 spiro atoms. The van der Waals surface area contributed by atoms with Gasteiger partial charge in [-0.25, -0.2) is 9.97 Å². The van der Waals surface area contributed by atoms with Crippen molar-refractivity contribution in [2.24, 2.45) is 0 Å². The molecule has 0 bridgehead atoms. The average Bonchev–Trinajstić information content (AvgIpc) is 3.23. The Hall–Kier alpha value is -2.58. The second-order valence-corrected chi connectivity index (χ2v) is 6.56. The molecular weight excluding hydrogens is 322 g/mol. The van der Waals surface area contributed by atoms with Crippen LogP contribution < -0.4 is 16.0 Å². The summed E-state index contributed by atoms with van der Waals surface area (Å²) in [5, 5.41) is 4.16. The zero-order valence-electron chi connectivity index (χ0n) is 13.4. The predicted octanol–water partition coefficient (Wildman–Crippen LogP) is 1.91. The lowest BCUT2D eigenvalue weighted by molar-refractivity contribution is 0.764. The standard InChI is InChI=1S/C16H17N7S/c1-23(2)13-10(4-6-20-14(13)17)16-21-15(22-24-16)12-11-8-18-7-9(11)3-5-19-12/h3-6,18H,7-8H2,1-2H3,(H2,17,20). The van der Waals surface area contributed by atoms with Gasteiger partial charge in [-0.1, -0.05) is 0 Å². The number of rotatable bonds is 3. The maximum Gasteiger partial charge on any atom is 0.192 e. The Morgan fingerprint density at radius 3 is 2.83 bits per heavy atom. The number of nitrogen functional groups attached to an aromatic ring is 1. The van der Waals surface area contributed by atoms with Crippen molar-refractivity contribution in [1.82, 2.24) is 24.6 Å². The maximum atomic E-state index is 6.03. The van der Waals surface area contributed by atoms with Gasteiger partial charge in [0.05, 0.1) is 5.69 Å². The molecule has 3 aromatic heterocycles. The topological polar surface area (TPSA) is 92.9 Å². The highest BCUT2D eigenvalue weighted by molar-refractivity contribution is 7.09. The molecule has 0 aromatic carbocycles. The largest absolute Gasteiger partial charge is 0.382 e. The number of aromatic nitrogens is 4. The molecule has 122 valence electrons. The van der Waals surface area contributed by atoms with E-state index in [0.29, 0.717) is 11.6 Å². The van der Waals surface area contributed by atoms with Crippen LogP contribution in [-0.2, 0) is 13.1 Å². The number of fused-ring (bicyclic) bond motifs is 1. The molecule has 8 heteroatoms. The first-order valence-corrected chi connectivity index (χ1v) is 8.36. The second-order valence-electron chi connectivity index (χ2n) is 5.81. The van der Waals surface area contributed by atoms with Gasteiger partial charge in [-0.2, -0.15) is 4.37 Å². The quantitative estimate of drug-likeness (QED) is 0.753. The van der Waals surface area contributed by atoms with Crippen molar-refractivity contribution in [3.63, 3.8) is 0 Å². The molecule has 3 aromatic rings. The van der Waals surface area contributed by atoms with Crippen molar-refractivity contribution in [1.29, 1.82) is 0 Å². The number of hydrogen-bond acceptors (Lipinski definition) is 8. The van der Waals surface area contributed by atoms with Crippen LogP contribution in [0.1, 0.15) is 11.1 Å². The van der Waals surface area contributed by atoms with Crippen LogP contribution in [0.4, 0.5) is 11.5 Å². The lowest BCUT2D eigenvalue weighted by Gasteiger charge is -2.17. The first kappa shape index (κ1) is 15.0. The van der Waals surface area contributed by atoms with Crippen LogP contribution in [0.3, 0.4) is 0 Å². The van der Waals surface area contributed by atoms with E-state index < -0.39 is 0 Å². The molecule has 4 heterocycles. The van der Waals surface area contributed by atoms with Crippen LogP contribution >= 0.6 is 11.5 Å². The Bertz CT molecular complexity index is 903. The van der Waals surface area contributed by atoms with Gasteiger partial charge in [0, 0.05) is 50.7 Å². The Balaban J connectivity index is 1.80. The normalized spacial score (nSPS) is 13.1. The molecule has 0 amide bonds. The van der Waals surface area contributed by atoms with Crippen molar-refractivity contribution in [2.45, 2.75) is 13.1 Å². The van der Waals surface area contributed by atoms with E-state index in [1.807, 2.05) is 37.3 Å². The lowest BCUT2D eigenvalue weighted by Crippen LogP contribution is -2.13. The van der Waals surface area contributed by atoms with Crippen molar-refractivity contribution in [3.8, 4) is 22.1 Å². The molecule has 3 N–H and O–H groups in total. The van der Waals surface area contributed by atoms with Gasteiger partial charge in [-0.05, 0) is 29.2 Å². The van der Waals surface area contributed by atoms with Crippen LogP contribution in [0.15, 0.2) is 24.5 Å². The van der Waals surface area contributed by atoms with Crippen LogP contribution in [0, 0.1) is 0 Å². The van der Waals surface area contributed by atoms with E-state index >= 15 is 0 Å². The van der Waals surface area contributed by atoms with E-state index in [-0.39, 0.29) is 0 Å². The molecule has 0 atom stereocenters. The second kappa shape index (κ2) is 5.81. The monoisotopic (exact) mass is 339 g/mol. The molecular formula is C16H17N7S. The zero-order chi connectivity index (χ0) is 16.7. The van der Waals surface area contributed by atoms with Crippen molar-refractivity contribution >= 4 is 23.0 Å². The van der Waals surface area contributed by atoms with Crippen LogP contribution in [0.25, 0.3) is 22.1 Å². The van der Waals surface area contributed by atoms with Gasteiger partial charge in [-0.15, -0.1) is 0 Å². The number of nitrogens with zero attached hydrogens (tertiary/aromatic N) is 5. The minimum absolute atomic E-state index is 0.483. The zero-order valence-corrected chi connectivity index (χ0v) is 14.3. The first-order valence-electron chi connectivity index (χ1n) is 7.59. The molecule has 0 aliphatic carbocycles. The minimum atomic E-state index is 0.483. The summed E-state index contributed by atoms with van der Waals surface area (Å²) in [5.74, 6) is 1.15. The first-order chi connectivity index (χ1) is 11.6. The summed E-state index contributed by atoms with van der Waals surface area (Å²) in [6, 6.07) is 3.96. The van der Waals surface area contributed by atoms with Crippen molar-refractivity contribution < 1.29 is 0 Å². The molecule has 0 saturated carbocycles. The fourth-order valence-electron chi connectivity index (χ4n) is 2.95.